The number of thiazole rings is 1. The van der Waals surface area contributed by atoms with Gasteiger partial charge < -0.3 is 4.74 Å². The zero-order chi connectivity index (χ0) is 17.9. The van der Waals surface area contributed by atoms with Gasteiger partial charge in [-0.25, -0.2) is 13.4 Å². The van der Waals surface area contributed by atoms with Gasteiger partial charge in [-0.2, -0.15) is 0 Å². The van der Waals surface area contributed by atoms with E-state index < -0.39 is 9.84 Å². The number of hydrogen-bond donors (Lipinski definition) is 0. The van der Waals surface area contributed by atoms with Gasteiger partial charge in [0.2, 0.25) is 0 Å². The molecule has 0 bridgehead atoms. The Balaban J connectivity index is 1.45. The summed E-state index contributed by atoms with van der Waals surface area (Å²) in [6.07, 6.45) is 0.617. The number of hydrogen-bond acceptors (Lipinski definition) is 7. The Hall–Kier alpha value is -1.38. The second-order valence-electron chi connectivity index (χ2n) is 6.01. The van der Waals surface area contributed by atoms with Gasteiger partial charge in [0.05, 0.1) is 23.0 Å². The topological polar surface area (TPSA) is 73.3 Å². The summed E-state index contributed by atoms with van der Waals surface area (Å²) in [7, 11) is -2.91. The number of carbonyl (C=O) groups excluding carboxylic acids is 1. The fourth-order valence-electron chi connectivity index (χ4n) is 2.48. The van der Waals surface area contributed by atoms with Crippen molar-refractivity contribution in [2.24, 2.45) is 0 Å². The average Bonchev–Trinajstić information content (AvgIpc) is 3.18. The largest absolute Gasteiger partial charge is 0.459 e. The molecule has 1 saturated heterocycles. The minimum atomic E-state index is -2.91. The molecule has 1 aromatic heterocycles. The van der Waals surface area contributed by atoms with Crippen molar-refractivity contribution in [3.63, 3.8) is 0 Å². The summed E-state index contributed by atoms with van der Waals surface area (Å²) in [5.74, 6) is 0.228. The van der Waals surface area contributed by atoms with Crippen LogP contribution in [0.25, 0.3) is 10.6 Å². The highest BCUT2D eigenvalue weighted by Gasteiger charge is 2.28. The molecule has 1 aliphatic heterocycles. The predicted molar refractivity (Wildman–Crippen MR) is 102 cm³/mol. The van der Waals surface area contributed by atoms with Crippen molar-refractivity contribution in [1.29, 1.82) is 0 Å². The zero-order valence-electron chi connectivity index (χ0n) is 13.8. The number of rotatable bonds is 6. The fraction of sp³-hybridized carbons (Fsp3) is 0.412. The van der Waals surface area contributed by atoms with Crippen LogP contribution >= 0.6 is 23.1 Å². The van der Waals surface area contributed by atoms with E-state index in [1.165, 1.54) is 28.7 Å². The van der Waals surface area contributed by atoms with Crippen LogP contribution in [-0.2, 0) is 26.0 Å². The molecule has 1 aromatic carbocycles. The smallest absolute Gasteiger partial charge is 0.316 e. The van der Waals surface area contributed by atoms with Crippen LogP contribution in [0.3, 0.4) is 0 Å². The summed E-state index contributed by atoms with van der Waals surface area (Å²) in [6.45, 7) is 2.18. The van der Waals surface area contributed by atoms with E-state index in [1.807, 2.05) is 36.6 Å². The van der Waals surface area contributed by atoms with Gasteiger partial charge >= 0.3 is 5.97 Å². The maximum Gasteiger partial charge on any atom is 0.316 e. The molecule has 0 amide bonds. The van der Waals surface area contributed by atoms with Crippen LogP contribution in [0.5, 0.6) is 0 Å². The number of sulfone groups is 1. The third-order valence-corrected chi connectivity index (χ3v) is 8.05. The van der Waals surface area contributed by atoms with E-state index in [1.54, 1.807) is 0 Å². The first-order valence-electron chi connectivity index (χ1n) is 7.90. The van der Waals surface area contributed by atoms with Gasteiger partial charge in [0, 0.05) is 16.2 Å². The molecule has 3 rings (SSSR count). The Morgan fingerprint density at radius 1 is 1.36 bits per heavy atom. The molecule has 1 aliphatic rings. The van der Waals surface area contributed by atoms with E-state index in [0.29, 0.717) is 6.42 Å². The maximum atomic E-state index is 11.8. The number of thioether (sulfide) groups is 1. The number of carbonyl (C=O) groups is 1. The molecule has 134 valence electrons. The number of esters is 1. The predicted octanol–water partition coefficient (Wildman–Crippen LogP) is 3.08. The van der Waals surface area contributed by atoms with Crippen molar-refractivity contribution >= 4 is 38.9 Å². The number of aromatic nitrogens is 1. The summed E-state index contributed by atoms with van der Waals surface area (Å²) in [6, 6.07) is 8.13. The van der Waals surface area contributed by atoms with Crippen LogP contribution in [0.2, 0.25) is 0 Å². The number of benzene rings is 1. The zero-order valence-corrected chi connectivity index (χ0v) is 16.3. The maximum absolute atomic E-state index is 11.8. The summed E-state index contributed by atoms with van der Waals surface area (Å²) in [5, 5.41) is 2.79. The van der Waals surface area contributed by atoms with Gasteiger partial charge in [-0.15, -0.1) is 23.1 Å². The first-order chi connectivity index (χ1) is 11.9. The molecule has 2 heterocycles. The van der Waals surface area contributed by atoms with Crippen LogP contribution in [-0.4, -0.2) is 41.9 Å². The lowest BCUT2D eigenvalue weighted by Crippen LogP contribution is -2.12. The molecule has 0 aliphatic carbocycles. The summed E-state index contributed by atoms with van der Waals surface area (Å²) < 4.78 is 28.0. The summed E-state index contributed by atoms with van der Waals surface area (Å²) in [5.41, 5.74) is 2.97. The van der Waals surface area contributed by atoms with Gasteiger partial charge in [0.1, 0.15) is 11.6 Å². The van der Waals surface area contributed by atoms with E-state index in [2.05, 4.69) is 4.98 Å². The van der Waals surface area contributed by atoms with Crippen LogP contribution in [0.1, 0.15) is 17.7 Å². The summed E-state index contributed by atoms with van der Waals surface area (Å²) in [4.78, 5) is 16.3. The quantitative estimate of drug-likeness (QED) is 0.698. The van der Waals surface area contributed by atoms with Gasteiger partial charge in [0.15, 0.2) is 9.84 Å². The molecule has 2 aromatic rings. The van der Waals surface area contributed by atoms with E-state index in [9.17, 15) is 13.2 Å². The number of nitrogens with zero attached hydrogens (tertiary/aromatic N) is 1. The molecule has 1 fully saturated rings. The Kier molecular flexibility index (Phi) is 5.81. The lowest BCUT2D eigenvalue weighted by Gasteiger charge is -2.07. The molecule has 0 radical (unpaired) electrons. The van der Waals surface area contributed by atoms with Crippen molar-refractivity contribution in [1.82, 2.24) is 4.98 Å². The molecule has 25 heavy (non-hydrogen) atoms. The van der Waals surface area contributed by atoms with Crippen molar-refractivity contribution in [3.8, 4) is 10.6 Å². The third-order valence-electron chi connectivity index (χ3n) is 3.86. The van der Waals surface area contributed by atoms with E-state index >= 15 is 0 Å². The van der Waals surface area contributed by atoms with Gasteiger partial charge in [-0.05, 0) is 13.3 Å². The van der Waals surface area contributed by atoms with Crippen molar-refractivity contribution in [3.05, 3.63) is 40.9 Å². The Morgan fingerprint density at radius 3 is 2.80 bits per heavy atom. The third kappa shape index (κ3) is 5.29. The molecule has 5 nitrogen and oxygen atoms in total. The van der Waals surface area contributed by atoms with Crippen LogP contribution in [0.15, 0.2) is 29.6 Å². The van der Waals surface area contributed by atoms with Crippen molar-refractivity contribution in [2.75, 3.05) is 17.3 Å². The highest BCUT2D eigenvalue weighted by molar-refractivity contribution is 8.02. The Bertz CT molecular complexity index is 843. The molecular weight excluding hydrogens is 378 g/mol. The van der Waals surface area contributed by atoms with Crippen LogP contribution < -0.4 is 0 Å². The molecular formula is C17H19NO4S3. The van der Waals surface area contributed by atoms with Crippen molar-refractivity contribution in [2.45, 2.75) is 25.2 Å². The minimum absolute atomic E-state index is 0.00459. The van der Waals surface area contributed by atoms with Crippen LogP contribution in [0, 0.1) is 6.92 Å². The molecule has 0 saturated carbocycles. The first-order valence-corrected chi connectivity index (χ1v) is 11.7. The highest BCUT2D eigenvalue weighted by atomic mass is 32.2. The van der Waals surface area contributed by atoms with Crippen LogP contribution in [0.4, 0.5) is 0 Å². The van der Waals surface area contributed by atoms with E-state index in [4.69, 9.17) is 4.74 Å². The average molecular weight is 398 g/mol. The molecule has 8 heteroatoms. The fourth-order valence-corrected chi connectivity index (χ4v) is 6.73. The van der Waals surface area contributed by atoms with Crippen molar-refractivity contribution < 1.29 is 17.9 Å². The number of aryl methyl sites for hydroxylation is 1. The monoisotopic (exact) mass is 397 g/mol. The molecule has 0 unspecified atom stereocenters. The normalized spacial score (nSPS) is 19.0. The first kappa shape index (κ1) is 18.4. The number of ether oxygens (including phenoxy) is 1. The second-order valence-corrected chi connectivity index (χ2v) is 10.4. The van der Waals surface area contributed by atoms with E-state index in [0.717, 1.165) is 16.3 Å². The Labute approximate surface area is 155 Å². The standard InChI is InChI=1S/C17H19NO4S3/c1-12-2-4-13(5-3-12)17-18-14(9-24-17)8-22-16(19)10-23-15-6-7-25(20,21)11-15/h2-5,9,15H,6-8,10-11H2,1H3/t15-/m1/s1. The molecule has 0 N–H and O–H groups in total. The lowest BCUT2D eigenvalue weighted by atomic mass is 10.2. The Morgan fingerprint density at radius 2 is 2.12 bits per heavy atom. The van der Waals surface area contributed by atoms with Gasteiger partial charge in [-0.1, -0.05) is 29.8 Å². The molecule has 0 spiro atoms. The minimum Gasteiger partial charge on any atom is -0.459 e. The molecule has 1 atom stereocenters. The second kappa shape index (κ2) is 7.88. The SMILES string of the molecule is Cc1ccc(-c2nc(COC(=O)CS[C@@H]3CCS(=O)(=O)C3)cs2)cc1. The highest BCUT2D eigenvalue weighted by Crippen LogP contribution is 2.25. The van der Waals surface area contributed by atoms with E-state index in [-0.39, 0.29) is 35.1 Å². The van der Waals surface area contributed by atoms with Gasteiger partial charge in [0.25, 0.3) is 0 Å². The summed E-state index contributed by atoms with van der Waals surface area (Å²) >= 11 is 2.88. The van der Waals surface area contributed by atoms with Gasteiger partial charge in [-0.3, -0.25) is 4.79 Å². The lowest BCUT2D eigenvalue weighted by molar-refractivity contribution is -0.141.